The molecule has 5 nitrogen and oxygen atoms in total. The molecule has 0 saturated heterocycles. The van der Waals surface area contributed by atoms with Crippen LogP contribution in [0.5, 0.6) is 0 Å². The van der Waals surface area contributed by atoms with Crippen molar-refractivity contribution in [3.05, 3.63) is 70.8 Å². The van der Waals surface area contributed by atoms with E-state index in [4.69, 9.17) is 15.3 Å². The summed E-state index contributed by atoms with van der Waals surface area (Å²) in [5.74, 6) is -1.88. The van der Waals surface area contributed by atoms with Gasteiger partial charge < -0.3 is 15.3 Å². The second-order valence-electron chi connectivity index (χ2n) is 4.29. The van der Waals surface area contributed by atoms with Crippen molar-refractivity contribution in [2.45, 2.75) is 13.5 Å². The fraction of sp³-hybridized carbons (Fsp3) is 0.125. The number of aliphatic hydroxyl groups excluding tert-OH is 1. The third kappa shape index (κ3) is 5.08. The van der Waals surface area contributed by atoms with E-state index in [2.05, 4.69) is 0 Å². The molecule has 2 aromatic rings. The second-order valence-corrected chi connectivity index (χ2v) is 4.29. The molecule has 0 aliphatic rings. The van der Waals surface area contributed by atoms with E-state index in [9.17, 15) is 9.59 Å². The molecule has 0 aliphatic carbocycles. The number of benzene rings is 2. The number of carboxylic acid groups (broad SMARTS) is 2. The molecule has 3 N–H and O–H groups in total. The molecule has 21 heavy (non-hydrogen) atoms. The van der Waals surface area contributed by atoms with Crippen LogP contribution < -0.4 is 0 Å². The summed E-state index contributed by atoms with van der Waals surface area (Å²) in [6.45, 7) is 1.69. The molecule has 0 radical (unpaired) electrons. The van der Waals surface area contributed by atoms with Gasteiger partial charge in [0.05, 0.1) is 17.7 Å². The third-order valence-electron chi connectivity index (χ3n) is 2.72. The molecule has 0 aromatic heterocycles. The number of rotatable bonds is 3. The molecule has 0 aliphatic heterocycles. The molecule has 0 bridgehead atoms. The summed E-state index contributed by atoms with van der Waals surface area (Å²) in [6.07, 6.45) is 0. The van der Waals surface area contributed by atoms with Crippen molar-refractivity contribution < 1.29 is 24.9 Å². The van der Waals surface area contributed by atoms with Crippen LogP contribution in [0, 0.1) is 6.92 Å². The van der Waals surface area contributed by atoms with Gasteiger partial charge in [-0.25, -0.2) is 9.59 Å². The lowest BCUT2D eigenvalue weighted by Crippen LogP contribution is -2.01. The fourth-order valence-corrected chi connectivity index (χ4v) is 1.56. The van der Waals surface area contributed by atoms with Gasteiger partial charge in [-0.3, -0.25) is 0 Å². The largest absolute Gasteiger partial charge is 0.478 e. The maximum Gasteiger partial charge on any atom is 0.336 e. The van der Waals surface area contributed by atoms with Crippen LogP contribution in [0.2, 0.25) is 0 Å². The summed E-state index contributed by atoms with van der Waals surface area (Å²) in [5, 5.41) is 25.8. The minimum absolute atomic E-state index is 0.162. The van der Waals surface area contributed by atoms with Gasteiger partial charge in [-0.05, 0) is 30.7 Å². The number of hydrogen-bond donors (Lipinski definition) is 3. The van der Waals surface area contributed by atoms with Gasteiger partial charge in [0.25, 0.3) is 0 Å². The Hall–Kier alpha value is -2.66. The normalized spacial score (nSPS) is 9.43. The van der Waals surface area contributed by atoms with Crippen molar-refractivity contribution in [3.8, 4) is 0 Å². The maximum absolute atomic E-state index is 10.5. The van der Waals surface area contributed by atoms with Crippen LogP contribution in [0.25, 0.3) is 0 Å². The lowest BCUT2D eigenvalue weighted by Gasteiger charge is -1.99. The Morgan fingerprint density at radius 1 is 0.905 bits per heavy atom. The summed E-state index contributed by atoms with van der Waals surface area (Å²) < 4.78 is 0. The minimum atomic E-state index is -1.00. The molecule has 0 amide bonds. The van der Waals surface area contributed by atoms with Gasteiger partial charge in [0.15, 0.2) is 0 Å². The first-order valence-corrected chi connectivity index (χ1v) is 6.17. The molecule has 5 heteroatoms. The van der Waals surface area contributed by atoms with Gasteiger partial charge in [-0.15, -0.1) is 0 Å². The van der Waals surface area contributed by atoms with Crippen molar-refractivity contribution in [2.24, 2.45) is 0 Å². The van der Waals surface area contributed by atoms with Gasteiger partial charge in [-0.1, -0.05) is 35.9 Å². The summed E-state index contributed by atoms with van der Waals surface area (Å²) in [5.41, 5.74) is 2.02. The Kier molecular flexibility index (Phi) is 6.10. The Balaban J connectivity index is 0.000000211. The van der Waals surface area contributed by atoms with Crippen molar-refractivity contribution in [2.75, 3.05) is 0 Å². The maximum atomic E-state index is 10.5. The molecule has 110 valence electrons. The molecule has 0 atom stereocenters. The summed E-state index contributed by atoms with van der Waals surface area (Å²) in [4.78, 5) is 20.8. The first-order valence-electron chi connectivity index (χ1n) is 6.17. The van der Waals surface area contributed by atoms with E-state index >= 15 is 0 Å². The number of aromatic carboxylic acids is 2. The van der Waals surface area contributed by atoms with E-state index in [1.807, 2.05) is 6.92 Å². The minimum Gasteiger partial charge on any atom is -0.478 e. The molecule has 0 spiro atoms. The van der Waals surface area contributed by atoms with E-state index in [0.717, 1.165) is 5.56 Å². The Morgan fingerprint density at radius 2 is 1.48 bits per heavy atom. The highest BCUT2D eigenvalue weighted by Gasteiger charge is 2.06. The van der Waals surface area contributed by atoms with Gasteiger partial charge in [0.1, 0.15) is 0 Å². The van der Waals surface area contributed by atoms with Crippen LogP contribution in [0.4, 0.5) is 0 Å². The van der Waals surface area contributed by atoms with Crippen LogP contribution in [0.15, 0.2) is 48.5 Å². The molecule has 2 rings (SSSR count). The van der Waals surface area contributed by atoms with Crippen LogP contribution >= 0.6 is 0 Å². The van der Waals surface area contributed by atoms with Crippen molar-refractivity contribution in [1.29, 1.82) is 0 Å². The Bertz CT molecular complexity index is 617. The molecular weight excluding hydrogens is 272 g/mol. The third-order valence-corrected chi connectivity index (χ3v) is 2.72. The van der Waals surface area contributed by atoms with Gasteiger partial charge in [0, 0.05) is 0 Å². The lowest BCUT2D eigenvalue weighted by molar-refractivity contribution is 0.0684. The van der Waals surface area contributed by atoms with Gasteiger partial charge in [0.2, 0.25) is 0 Å². The fourth-order valence-electron chi connectivity index (χ4n) is 1.56. The van der Waals surface area contributed by atoms with Crippen LogP contribution in [-0.2, 0) is 6.61 Å². The highest BCUT2D eigenvalue weighted by Crippen LogP contribution is 2.07. The van der Waals surface area contributed by atoms with Crippen molar-refractivity contribution in [1.82, 2.24) is 0 Å². The quantitative estimate of drug-likeness (QED) is 0.806. The predicted octanol–water partition coefficient (Wildman–Crippen LogP) is 2.57. The number of carbonyl (C=O) groups is 2. The Labute approximate surface area is 122 Å². The first-order chi connectivity index (χ1) is 9.95. The molecule has 0 saturated carbocycles. The first kappa shape index (κ1) is 16.4. The van der Waals surface area contributed by atoms with Crippen molar-refractivity contribution in [3.63, 3.8) is 0 Å². The summed E-state index contributed by atoms with van der Waals surface area (Å²) >= 11 is 0. The number of aryl methyl sites for hydroxylation is 1. The highest BCUT2D eigenvalue weighted by atomic mass is 16.4. The predicted molar refractivity (Wildman–Crippen MR) is 77.5 cm³/mol. The molecule has 2 aromatic carbocycles. The molecule has 0 heterocycles. The van der Waals surface area contributed by atoms with E-state index < -0.39 is 11.9 Å². The number of hydrogen-bond acceptors (Lipinski definition) is 3. The zero-order valence-electron chi connectivity index (χ0n) is 11.5. The van der Waals surface area contributed by atoms with Gasteiger partial charge in [-0.2, -0.15) is 0 Å². The molecule has 0 fully saturated rings. The van der Waals surface area contributed by atoms with Gasteiger partial charge >= 0.3 is 11.9 Å². The average Bonchev–Trinajstić information content (AvgIpc) is 2.48. The monoisotopic (exact) mass is 288 g/mol. The lowest BCUT2D eigenvalue weighted by atomic mass is 10.1. The summed E-state index contributed by atoms with van der Waals surface area (Å²) in [7, 11) is 0. The SMILES string of the molecule is Cc1ccc(C(=O)O)cc1.O=C(O)c1ccccc1CO. The van der Waals surface area contributed by atoms with Crippen LogP contribution in [0.1, 0.15) is 31.8 Å². The topological polar surface area (TPSA) is 94.8 Å². The standard InChI is InChI=1S/C8H8O3.C8H8O2/c9-5-6-3-1-2-4-7(6)8(10)11;1-6-2-4-7(5-3-6)8(9)10/h1-4,9H,5H2,(H,10,11);2-5H,1H3,(H,9,10). The highest BCUT2D eigenvalue weighted by molar-refractivity contribution is 5.89. The molecular formula is C16H16O5. The number of aliphatic hydroxyl groups is 1. The summed E-state index contributed by atoms with van der Waals surface area (Å²) in [6, 6.07) is 13.1. The van der Waals surface area contributed by atoms with E-state index in [1.54, 1.807) is 42.5 Å². The molecule has 0 unspecified atom stereocenters. The Morgan fingerprint density at radius 3 is 1.90 bits per heavy atom. The van der Waals surface area contributed by atoms with Crippen LogP contribution in [-0.4, -0.2) is 27.3 Å². The van der Waals surface area contributed by atoms with E-state index in [1.165, 1.54) is 6.07 Å². The zero-order valence-corrected chi connectivity index (χ0v) is 11.5. The number of carboxylic acids is 2. The van der Waals surface area contributed by atoms with Crippen molar-refractivity contribution >= 4 is 11.9 Å². The zero-order chi connectivity index (χ0) is 15.8. The second kappa shape index (κ2) is 7.81. The average molecular weight is 288 g/mol. The smallest absolute Gasteiger partial charge is 0.336 e. The van der Waals surface area contributed by atoms with E-state index in [0.29, 0.717) is 11.1 Å². The van der Waals surface area contributed by atoms with E-state index in [-0.39, 0.29) is 12.2 Å². The van der Waals surface area contributed by atoms with Crippen LogP contribution in [0.3, 0.4) is 0 Å².